The number of hydrogen-bond acceptors (Lipinski definition) is 6. The molecule has 0 aliphatic carbocycles. The van der Waals surface area contributed by atoms with Gasteiger partial charge in [-0.25, -0.2) is 0 Å². The van der Waals surface area contributed by atoms with Gasteiger partial charge in [0.1, 0.15) is 0 Å². The van der Waals surface area contributed by atoms with E-state index < -0.39 is 0 Å². The summed E-state index contributed by atoms with van der Waals surface area (Å²) in [6, 6.07) is 8.03. The summed E-state index contributed by atoms with van der Waals surface area (Å²) in [6.07, 6.45) is 6.09. The molecular weight excluding hydrogens is 414 g/mol. The molecule has 7 heteroatoms. The van der Waals surface area contributed by atoms with Gasteiger partial charge >= 0.3 is 0 Å². The molecule has 1 aliphatic heterocycles. The molecule has 1 aliphatic rings. The van der Waals surface area contributed by atoms with Crippen molar-refractivity contribution in [1.29, 1.82) is 0 Å². The molecule has 0 amide bonds. The molecule has 1 fully saturated rings. The van der Waals surface area contributed by atoms with Gasteiger partial charge in [-0.15, -0.1) is 0 Å². The number of nitrogens with one attached hydrogen (secondary N) is 1. The molecule has 1 N–H and O–H groups in total. The maximum absolute atomic E-state index is 13.3. The zero-order valence-electron chi connectivity index (χ0n) is 20.0. The van der Waals surface area contributed by atoms with E-state index in [2.05, 4.69) is 34.0 Å². The lowest BCUT2D eigenvalue weighted by atomic mass is 10.00. The van der Waals surface area contributed by atoms with Crippen LogP contribution in [0.5, 0.6) is 0 Å². The number of aryl methyl sites for hydroxylation is 1. The van der Waals surface area contributed by atoms with Crippen molar-refractivity contribution in [1.82, 2.24) is 19.6 Å². The summed E-state index contributed by atoms with van der Waals surface area (Å²) in [6.45, 7) is 10.9. The number of likely N-dealkylation sites (tertiary alicyclic amines) is 1. The molecule has 1 atom stereocenters. The second kappa shape index (κ2) is 9.19. The van der Waals surface area contributed by atoms with E-state index in [1.54, 1.807) is 11.6 Å². The molecule has 33 heavy (non-hydrogen) atoms. The average molecular weight is 446 g/mol. The zero-order chi connectivity index (χ0) is 23.7. The molecule has 7 nitrogen and oxygen atoms in total. The van der Waals surface area contributed by atoms with Crippen molar-refractivity contribution in [3.05, 3.63) is 68.8 Å². The van der Waals surface area contributed by atoms with Gasteiger partial charge in [0.2, 0.25) is 5.89 Å². The van der Waals surface area contributed by atoms with Crippen molar-refractivity contribution < 1.29 is 4.52 Å². The number of aromatic nitrogens is 3. The molecule has 3 aromatic rings. The van der Waals surface area contributed by atoms with Crippen LogP contribution in [0.2, 0.25) is 0 Å². The minimum absolute atomic E-state index is 0.0560. The van der Waals surface area contributed by atoms with Crippen molar-refractivity contribution in [2.75, 3.05) is 18.9 Å². The first-order chi connectivity index (χ1) is 15.8. The van der Waals surface area contributed by atoms with Gasteiger partial charge in [0.05, 0.1) is 11.4 Å². The maximum Gasteiger partial charge on any atom is 0.267 e. The monoisotopic (exact) mass is 445 g/mol. The molecule has 1 saturated heterocycles. The minimum atomic E-state index is -0.0560. The highest BCUT2D eigenvalue weighted by atomic mass is 16.5. The Kier molecular flexibility index (Phi) is 6.33. The van der Waals surface area contributed by atoms with E-state index >= 15 is 0 Å². The van der Waals surface area contributed by atoms with Crippen LogP contribution < -0.4 is 21.4 Å². The number of pyridine rings is 1. The molecule has 1 unspecified atom stereocenters. The Hall–Kier alpha value is -3.45. The Morgan fingerprint density at radius 3 is 2.73 bits per heavy atom. The Morgan fingerprint density at radius 2 is 2.06 bits per heavy atom. The molecule has 2 aromatic heterocycles. The largest absolute Gasteiger partial charge is 0.336 e. The SMILES string of the molecule is C=C(C)/C=c1\c(=CC)cc(-c2cc(Nc3noc(C4CCCN4C)n3)ccc2C)c(=O)n1C. The molecular formula is C26H31N5O2. The van der Waals surface area contributed by atoms with E-state index in [1.807, 2.05) is 57.2 Å². The fraction of sp³-hybridized carbons (Fsp3) is 0.346. The van der Waals surface area contributed by atoms with Gasteiger partial charge in [-0.1, -0.05) is 24.3 Å². The van der Waals surface area contributed by atoms with Crippen LogP contribution in [0, 0.1) is 6.92 Å². The highest BCUT2D eigenvalue weighted by Crippen LogP contribution is 2.30. The zero-order valence-corrected chi connectivity index (χ0v) is 20.0. The summed E-state index contributed by atoms with van der Waals surface area (Å²) in [4.78, 5) is 20.1. The predicted molar refractivity (Wildman–Crippen MR) is 133 cm³/mol. The number of benzene rings is 1. The van der Waals surface area contributed by atoms with Gasteiger partial charge in [0.15, 0.2) is 0 Å². The summed E-state index contributed by atoms with van der Waals surface area (Å²) in [7, 11) is 3.87. The molecule has 0 bridgehead atoms. The normalized spacial score (nSPS) is 17.7. The first-order valence-electron chi connectivity index (χ1n) is 11.2. The van der Waals surface area contributed by atoms with Crippen LogP contribution in [-0.4, -0.2) is 33.2 Å². The van der Waals surface area contributed by atoms with Gasteiger partial charge < -0.3 is 14.4 Å². The third-order valence-electron chi connectivity index (χ3n) is 6.22. The van der Waals surface area contributed by atoms with Crippen molar-refractivity contribution in [2.45, 2.75) is 39.7 Å². The lowest BCUT2D eigenvalue weighted by Crippen LogP contribution is -2.42. The molecule has 0 saturated carbocycles. The van der Waals surface area contributed by atoms with E-state index in [9.17, 15) is 4.79 Å². The number of hydrogen-bond donors (Lipinski definition) is 1. The van der Waals surface area contributed by atoms with Gasteiger partial charge in [0.25, 0.3) is 11.5 Å². The van der Waals surface area contributed by atoms with Crippen molar-refractivity contribution in [3.63, 3.8) is 0 Å². The van der Waals surface area contributed by atoms with E-state index in [0.717, 1.165) is 52.3 Å². The highest BCUT2D eigenvalue weighted by molar-refractivity contribution is 5.72. The number of allylic oxidation sites excluding steroid dienone is 1. The molecule has 172 valence electrons. The fourth-order valence-corrected chi connectivity index (χ4v) is 4.38. The topological polar surface area (TPSA) is 76.2 Å². The minimum Gasteiger partial charge on any atom is -0.336 e. The van der Waals surface area contributed by atoms with Gasteiger partial charge in [-0.2, -0.15) is 4.98 Å². The van der Waals surface area contributed by atoms with Crippen LogP contribution in [0.25, 0.3) is 23.3 Å². The van der Waals surface area contributed by atoms with E-state index in [4.69, 9.17) is 4.52 Å². The van der Waals surface area contributed by atoms with E-state index in [0.29, 0.717) is 17.4 Å². The van der Waals surface area contributed by atoms with Crippen molar-refractivity contribution >= 4 is 23.8 Å². The summed E-state index contributed by atoms with van der Waals surface area (Å²) in [5.74, 6) is 1.05. The second-order valence-corrected chi connectivity index (χ2v) is 8.79. The van der Waals surface area contributed by atoms with Crippen LogP contribution in [0.15, 0.2) is 45.7 Å². The Morgan fingerprint density at radius 1 is 1.27 bits per heavy atom. The Labute approximate surface area is 193 Å². The lowest BCUT2D eigenvalue weighted by molar-refractivity contribution is 0.245. The molecule has 1 aromatic carbocycles. The van der Waals surface area contributed by atoms with Crippen LogP contribution in [0.4, 0.5) is 11.6 Å². The maximum atomic E-state index is 13.3. The summed E-state index contributed by atoms with van der Waals surface area (Å²) < 4.78 is 7.19. The third kappa shape index (κ3) is 4.54. The van der Waals surface area contributed by atoms with Gasteiger partial charge in [-0.3, -0.25) is 9.69 Å². The smallest absolute Gasteiger partial charge is 0.267 e. The Bertz CT molecular complexity index is 1380. The summed E-state index contributed by atoms with van der Waals surface area (Å²) in [5, 5.41) is 9.17. The number of rotatable bonds is 5. The average Bonchev–Trinajstić information content (AvgIpc) is 3.41. The first-order valence-corrected chi connectivity index (χ1v) is 11.2. The Balaban J connectivity index is 1.72. The third-order valence-corrected chi connectivity index (χ3v) is 6.22. The second-order valence-electron chi connectivity index (χ2n) is 8.79. The number of anilines is 2. The summed E-state index contributed by atoms with van der Waals surface area (Å²) >= 11 is 0. The van der Waals surface area contributed by atoms with Crippen LogP contribution in [0.1, 0.15) is 44.2 Å². The lowest BCUT2D eigenvalue weighted by Gasteiger charge is -2.14. The quantitative estimate of drug-likeness (QED) is 0.649. The number of nitrogens with zero attached hydrogens (tertiary/aromatic N) is 4. The first kappa shape index (κ1) is 22.7. The van der Waals surface area contributed by atoms with Crippen LogP contribution in [0.3, 0.4) is 0 Å². The van der Waals surface area contributed by atoms with Crippen LogP contribution >= 0.6 is 0 Å². The van der Waals surface area contributed by atoms with Crippen molar-refractivity contribution in [3.8, 4) is 11.1 Å². The summed E-state index contributed by atoms with van der Waals surface area (Å²) in [5.41, 5.74) is 4.16. The molecule has 3 heterocycles. The highest BCUT2D eigenvalue weighted by Gasteiger charge is 2.27. The van der Waals surface area contributed by atoms with E-state index in [1.165, 1.54) is 0 Å². The van der Waals surface area contributed by atoms with Gasteiger partial charge in [0, 0.05) is 18.3 Å². The molecule has 0 radical (unpaired) electrons. The molecule has 4 rings (SSSR count). The predicted octanol–water partition coefficient (Wildman–Crippen LogP) is 3.41. The fourth-order valence-electron chi connectivity index (χ4n) is 4.38. The van der Waals surface area contributed by atoms with Crippen LogP contribution in [-0.2, 0) is 7.05 Å². The standard InChI is InChI=1S/C26H31N5O2/c1-7-18-14-21(25(32)31(6)23(18)13-16(2)3)20-15-19(11-10-17(20)4)27-26-28-24(33-29-26)22-9-8-12-30(22)5/h7,10-11,13-15,22H,2,8-9,12H2,1,3-6H3,(H,27,29)/b18-7?,23-13+. The van der Waals surface area contributed by atoms with Gasteiger partial charge in [-0.05, 0) is 93.0 Å². The van der Waals surface area contributed by atoms with E-state index in [-0.39, 0.29) is 11.6 Å². The molecule has 0 spiro atoms. The van der Waals surface area contributed by atoms with Crippen molar-refractivity contribution in [2.24, 2.45) is 7.05 Å².